The number of nitrogens with one attached hydrogen (secondary N) is 1. The zero-order valence-electron chi connectivity index (χ0n) is 11.5. The topological polar surface area (TPSA) is 47.3 Å². The highest BCUT2D eigenvalue weighted by Crippen LogP contribution is 2.27. The first kappa shape index (κ1) is 12.5. The van der Waals surface area contributed by atoms with E-state index in [0.29, 0.717) is 5.89 Å². The van der Waals surface area contributed by atoms with E-state index in [4.69, 9.17) is 9.15 Å². The summed E-state index contributed by atoms with van der Waals surface area (Å²) in [6, 6.07) is 13.6. The monoisotopic (exact) mass is 268 g/mol. The first-order valence-electron chi connectivity index (χ1n) is 6.59. The van der Waals surface area contributed by atoms with Crippen molar-refractivity contribution in [1.82, 2.24) is 4.98 Å². The van der Waals surface area contributed by atoms with Crippen molar-refractivity contribution >= 4 is 16.8 Å². The van der Waals surface area contributed by atoms with E-state index in [1.54, 1.807) is 7.11 Å². The summed E-state index contributed by atoms with van der Waals surface area (Å²) in [5, 5.41) is 3.27. The molecular weight excluding hydrogens is 252 g/mol. The molecule has 0 bridgehead atoms. The quantitative estimate of drug-likeness (QED) is 0.778. The van der Waals surface area contributed by atoms with E-state index in [0.717, 1.165) is 34.6 Å². The minimum atomic E-state index is 0.622. The molecule has 0 amide bonds. The predicted octanol–water partition coefficient (Wildman–Crippen LogP) is 3.94. The van der Waals surface area contributed by atoms with Crippen molar-refractivity contribution in [2.24, 2.45) is 0 Å². The summed E-state index contributed by atoms with van der Waals surface area (Å²) in [5.74, 6) is 1.44. The number of hydrogen-bond donors (Lipinski definition) is 1. The SMILES string of the molecule is CCNc1ccc2oc(-c3ccc(OC)cc3)nc2c1. The van der Waals surface area contributed by atoms with Crippen LogP contribution in [0.1, 0.15) is 6.92 Å². The second-order valence-corrected chi connectivity index (χ2v) is 4.46. The number of aromatic nitrogens is 1. The molecular formula is C16H16N2O2. The normalized spacial score (nSPS) is 10.7. The van der Waals surface area contributed by atoms with Gasteiger partial charge in [0.05, 0.1) is 7.11 Å². The molecule has 2 aromatic carbocycles. The Kier molecular flexibility index (Phi) is 3.29. The van der Waals surface area contributed by atoms with Gasteiger partial charge in [0.2, 0.25) is 5.89 Å². The van der Waals surface area contributed by atoms with Crippen molar-refractivity contribution in [3.05, 3.63) is 42.5 Å². The van der Waals surface area contributed by atoms with E-state index in [1.165, 1.54) is 0 Å². The van der Waals surface area contributed by atoms with Gasteiger partial charge in [-0.05, 0) is 49.4 Å². The molecule has 1 heterocycles. The lowest BCUT2D eigenvalue weighted by Gasteiger charge is -2.00. The summed E-state index contributed by atoms with van der Waals surface area (Å²) in [6.45, 7) is 2.95. The average molecular weight is 268 g/mol. The number of hydrogen-bond acceptors (Lipinski definition) is 4. The Balaban J connectivity index is 1.98. The maximum Gasteiger partial charge on any atom is 0.227 e. The number of ether oxygens (including phenoxy) is 1. The Morgan fingerprint density at radius 1 is 1.15 bits per heavy atom. The van der Waals surface area contributed by atoms with Gasteiger partial charge in [0.1, 0.15) is 11.3 Å². The zero-order valence-corrected chi connectivity index (χ0v) is 11.5. The number of benzene rings is 2. The van der Waals surface area contributed by atoms with Crippen molar-refractivity contribution in [1.29, 1.82) is 0 Å². The molecule has 20 heavy (non-hydrogen) atoms. The van der Waals surface area contributed by atoms with Crippen molar-refractivity contribution in [2.45, 2.75) is 6.92 Å². The van der Waals surface area contributed by atoms with Gasteiger partial charge in [-0.3, -0.25) is 0 Å². The number of methoxy groups -OCH3 is 1. The molecule has 3 aromatic rings. The molecule has 0 unspecified atom stereocenters. The molecule has 0 aliphatic carbocycles. The second-order valence-electron chi connectivity index (χ2n) is 4.46. The third kappa shape index (κ3) is 2.32. The van der Waals surface area contributed by atoms with Crippen LogP contribution >= 0.6 is 0 Å². The lowest BCUT2D eigenvalue weighted by atomic mass is 10.2. The zero-order chi connectivity index (χ0) is 13.9. The standard InChI is InChI=1S/C16H16N2O2/c1-3-17-12-6-9-15-14(10-12)18-16(20-15)11-4-7-13(19-2)8-5-11/h4-10,17H,3H2,1-2H3. The highest BCUT2D eigenvalue weighted by Gasteiger charge is 2.08. The fourth-order valence-corrected chi connectivity index (χ4v) is 2.10. The van der Waals surface area contributed by atoms with Crippen LogP contribution in [0.3, 0.4) is 0 Å². The summed E-state index contributed by atoms with van der Waals surface area (Å²) in [6.07, 6.45) is 0. The third-order valence-corrected chi connectivity index (χ3v) is 3.11. The van der Waals surface area contributed by atoms with E-state index in [1.807, 2.05) is 42.5 Å². The fraction of sp³-hybridized carbons (Fsp3) is 0.188. The summed E-state index contributed by atoms with van der Waals surface area (Å²) >= 11 is 0. The number of fused-ring (bicyclic) bond motifs is 1. The van der Waals surface area contributed by atoms with Crippen molar-refractivity contribution in [3.63, 3.8) is 0 Å². The van der Waals surface area contributed by atoms with E-state index in [2.05, 4.69) is 17.2 Å². The molecule has 1 aromatic heterocycles. The minimum Gasteiger partial charge on any atom is -0.497 e. The van der Waals surface area contributed by atoms with Crippen LogP contribution in [0, 0.1) is 0 Å². The summed E-state index contributed by atoms with van der Waals surface area (Å²) < 4.78 is 10.9. The van der Waals surface area contributed by atoms with Gasteiger partial charge in [0.15, 0.2) is 5.58 Å². The van der Waals surface area contributed by atoms with Gasteiger partial charge in [0.25, 0.3) is 0 Å². The van der Waals surface area contributed by atoms with Gasteiger partial charge < -0.3 is 14.5 Å². The number of rotatable bonds is 4. The smallest absolute Gasteiger partial charge is 0.227 e. The maximum absolute atomic E-state index is 5.78. The lowest BCUT2D eigenvalue weighted by Crippen LogP contribution is -1.95. The largest absolute Gasteiger partial charge is 0.497 e. The van der Waals surface area contributed by atoms with Crippen LogP contribution in [0.15, 0.2) is 46.9 Å². The van der Waals surface area contributed by atoms with E-state index >= 15 is 0 Å². The molecule has 102 valence electrons. The Bertz CT molecular complexity index is 717. The van der Waals surface area contributed by atoms with E-state index in [9.17, 15) is 0 Å². The first-order chi connectivity index (χ1) is 9.80. The highest BCUT2D eigenvalue weighted by molar-refractivity contribution is 5.80. The van der Waals surface area contributed by atoms with Crippen LogP contribution in [0.2, 0.25) is 0 Å². The molecule has 0 aliphatic heterocycles. The van der Waals surface area contributed by atoms with Crippen molar-refractivity contribution in [3.8, 4) is 17.2 Å². The third-order valence-electron chi connectivity index (χ3n) is 3.11. The summed E-state index contributed by atoms with van der Waals surface area (Å²) in [5.41, 5.74) is 3.63. The van der Waals surface area contributed by atoms with Crippen LogP contribution in [-0.2, 0) is 0 Å². The molecule has 3 rings (SSSR count). The molecule has 4 heteroatoms. The van der Waals surface area contributed by atoms with Crippen LogP contribution in [0.4, 0.5) is 5.69 Å². The Labute approximate surface area is 117 Å². The van der Waals surface area contributed by atoms with Crippen LogP contribution in [0.5, 0.6) is 5.75 Å². The number of anilines is 1. The second kappa shape index (κ2) is 5.25. The van der Waals surface area contributed by atoms with E-state index < -0.39 is 0 Å². The minimum absolute atomic E-state index is 0.622. The van der Waals surface area contributed by atoms with Crippen molar-refractivity contribution in [2.75, 3.05) is 19.0 Å². The number of nitrogens with zero attached hydrogens (tertiary/aromatic N) is 1. The van der Waals surface area contributed by atoms with Gasteiger partial charge >= 0.3 is 0 Å². The van der Waals surface area contributed by atoms with Gasteiger partial charge in [-0.15, -0.1) is 0 Å². The van der Waals surface area contributed by atoms with Gasteiger partial charge in [-0.1, -0.05) is 0 Å². The van der Waals surface area contributed by atoms with Gasteiger partial charge in [0, 0.05) is 17.8 Å². The maximum atomic E-state index is 5.78. The molecule has 1 N–H and O–H groups in total. The Hall–Kier alpha value is -2.49. The fourth-order valence-electron chi connectivity index (χ4n) is 2.10. The van der Waals surface area contributed by atoms with Crippen LogP contribution < -0.4 is 10.1 Å². The Morgan fingerprint density at radius 2 is 1.95 bits per heavy atom. The van der Waals surface area contributed by atoms with E-state index in [-0.39, 0.29) is 0 Å². The van der Waals surface area contributed by atoms with Gasteiger partial charge in [-0.25, -0.2) is 4.98 Å². The molecule has 0 fully saturated rings. The molecule has 0 saturated heterocycles. The molecule has 0 spiro atoms. The summed E-state index contributed by atoms with van der Waals surface area (Å²) in [4.78, 5) is 4.53. The van der Waals surface area contributed by atoms with Crippen LogP contribution in [-0.4, -0.2) is 18.6 Å². The molecule has 0 saturated carbocycles. The molecule has 0 radical (unpaired) electrons. The van der Waals surface area contributed by atoms with Crippen molar-refractivity contribution < 1.29 is 9.15 Å². The predicted molar refractivity (Wildman–Crippen MR) is 80.2 cm³/mol. The molecule has 0 aliphatic rings. The Morgan fingerprint density at radius 3 is 2.65 bits per heavy atom. The first-order valence-corrected chi connectivity index (χ1v) is 6.59. The molecule has 4 nitrogen and oxygen atoms in total. The van der Waals surface area contributed by atoms with Gasteiger partial charge in [-0.2, -0.15) is 0 Å². The number of oxazole rings is 1. The average Bonchev–Trinajstić information content (AvgIpc) is 2.91. The lowest BCUT2D eigenvalue weighted by molar-refractivity contribution is 0.415. The molecule has 0 atom stereocenters. The highest BCUT2D eigenvalue weighted by atomic mass is 16.5. The van der Waals surface area contributed by atoms with Crippen LogP contribution in [0.25, 0.3) is 22.6 Å². The summed E-state index contributed by atoms with van der Waals surface area (Å²) in [7, 11) is 1.65.